The number of nitrogens with one attached hydrogen (secondary N) is 1. The van der Waals surface area contributed by atoms with Crippen LogP contribution in [-0.4, -0.2) is 93.6 Å². The number of likely N-dealkylation sites (N-methyl/N-ethyl adjacent to an activating group) is 1. The van der Waals surface area contributed by atoms with Crippen LogP contribution in [0.5, 0.6) is 0 Å². The van der Waals surface area contributed by atoms with E-state index in [-0.39, 0.29) is 12.1 Å². The predicted molar refractivity (Wildman–Crippen MR) is 141 cm³/mol. The second-order valence-corrected chi connectivity index (χ2v) is 10.5. The summed E-state index contributed by atoms with van der Waals surface area (Å²) in [5, 5.41) is 18.3. The molecule has 0 spiro atoms. The first-order chi connectivity index (χ1) is 17.5. The molecule has 1 aliphatic carbocycles. The average molecular weight is 494 g/mol. The highest BCUT2D eigenvalue weighted by molar-refractivity contribution is 5.81. The van der Waals surface area contributed by atoms with Gasteiger partial charge in [0.15, 0.2) is 0 Å². The van der Waals surface area contributed by atoms with Gasteiger partial charge in [-0.25, -0.2) is 9.50 Å². The number of anilines is 1. The number of rotatable bonds is 8. The summed E-state index contributed by atoms with van der Waals surface area (Å²) >= 11 is 0. The topological polar surface area (TPSA) is 91.0 Å². The van der Waals surface area contributed by atoms with E-state index >= 15 is 0 Å². The third-order valence-corrected chi connectivity index (χ3v) is 7.57. The van der Waals surface area contributed by atoms with Crippen molar-refractivity contribution in [2.24, 2.45) is 0 Å². The Kier molecular flexibility index (Phi) is 7.81. The Bertz CT molecular complexity index is 1130. The van der Waals surface area contributed by atoms with E-state index in [1.54, 1.807) is 7.11 Å². The molecule has 0 bridgehead atoms. The molecule has 2 N–H and O–H groups in total. The molecule has 194 valence electrons. The van der Waals surface area contributed by atoms with Crippen LogP contribution in [0.25, 0.3) is 16.6 Å². The number of methoxy groups -OCH3 is 1. The smallest absolute Gasteiger partial charge is 0.241 e. The number of pyridine rings is 1. The first-order valence-corrected chi connectivity index (χ1v) is 13.2. The van der Waals surface area contributed by atoms with Gasteiger partial charge in [-0.15, -0.1) is 5.10 Å². The summed E-state index contributed by atoms with van der Waals surface area (Å²) in [5.41, 5.74) is 5.44. The molecular formula is C27H39N7O2. The maximum Gasteiger partial charge on any atom is 0.241 e. The Balaban J connectivity index is 1.42. The van der Waals surface area contributed by atoms with Crippen molar-refractivity contribution in [1.29, 1.82) is 0 Å². The highest BCUT2D eigenvalue weighted by atomic mass is 16.5. The monoisotopic (exact) mass is 493 g/mol. The van der Waals surface area contributed by atoms with Crippen LogP contribution >= 0.6 is 0 Å². The van der Waals surface area contributed by atoms with Crippen LogP contribution < -0.4 is 5.32 Å². The molecule has 3 aromatic rings. The molecule has 2 fully saturated rings. The van der Waals surface area contributed by atoms with E-state index in [2.05, 4.69) is 52.3 Å². The third-order valence-electron chi connectivity index (χ3n) is 7.57. The number of piperazine rings is 1. The van der Waals surface area contributed by atoms with E-state index in [1.807, 2.05) is 16.9 Å². The molecule has 9 nitrogen and oxygen atoms in total. The van der Waals surface area contributed by atoms with E-state index < -0.39 is 0 Å². The Hall–Kier alpha value is -2.59. The molecule has 36 heavy (non-hydrogen) atoms. The second kappa shape index (κ2) is 11.2. The van der Waals surface area contributed by atoms with Crippen molar-refractivity contribution >= 4 is 11.5 Å². The van der Waals surface area contributed by atoms with Gasteiger partial charge < -0.3 is 20.1 Å². The fraction of sp³-hybridized carbons (Fsp3) is 0.593. The number of aliphatic hydroxyl groups excluding tert-OH is 1. The minimum absolute atomic E-state index is 0.104. The lowest BCUT2D eigenvalue weighted by atomic mass is 9.85. The highest BCUT2D eigenvalue weighted by Crippen LogP contribution is 2.37. The van der Waals surface area contributed by atoms with Crippen molar-refractivity contribution in [3.05, 3.63) is 42.0 Å². The quantitative estimate of drug-likeness (QED) is 0.495. The lowest BCUT2D eigenvalue weighted by Gasteiger charge is -2.32. The lowest BCUT2D eigenvalue weighted by Crippen LogP contribution is -2.43. The Morgan fingerprint density at radius 3 is 2.56 bits per heavy atom. The molecule has 4 heterocycles. The zero-order valence-electron chi connectivity index (χ0n) is 21.7. The summed E-state index contributed by atoms with van der Waals surface area (Å²) < 4.78 is 7.30. The van der Waals surface area contributed by atoms with Gasteiger partial charge in [-0.3, -0.25) is 9.88 Å². The predicted octanol–water partition coefficient (Wildman–Crippen LogP) is 3.00. The van der Waals surface area contributed by atoms with Crippen LogP contribution in [0, 0.1) is 0 Å². The number of ether oxygens (including phenoxy) is 1. The molecule has 5 rings (SSSR count). The van der Waals surface area contributed by atoms with Crippen LogP contribution in [0.2, 0.25) is 0 Å². The zero-order valence-corrected chi connectivity index (χ0v) is 21.7. The van der Waals surface area contributed by atoms with Gasteiger partial charge in [0.25, 0.3) is 0 Å². The van der Waals surface area contributed by atoms with Crippen molar-refractivity contribution in [2.45, 2.75) is 57.2 Å². The van der Waals surface area contributed by atoms with E-state index in [0.717, 1.165) is 80.7 Å². The zero-order chi connectivity index (χ0) is 25.1. The van der Waals surface area contributed by atoms with Gasteiger partial charge in [0, 0.05) is 74.8 Å². The number of nitrogens with zero attached hydrogens (tertiary/aromatic N) is 6. The number of fused-ring (bicyclic) bond motifs is 1. The van der Waals surface area contributed by atoms with Gasteiger partial charge in [-0.1, -0.05) is 6.07 Å². The van der Waals surface area contributed by atoms with Crippen molar-refractivity contribution in [3.8, 4) is 11.1 Å². The minimum atomic E-state index is -0.189. The maximum atomic E-state index is 10.1. The minimum Gasteiger partial charge on any atom is -0.393 e. The van der Waals surface area contributed by atoms with Gasteiger partial charge in [-0.05, 0) is 51.8 Å². The van der Waals surface area contributed by atoms with Crippen LogP contribution in [0.3, 0.4) is 0 Å². The third kappa shape index (κ3) is 5.70. The Morgan fingerprint density at radius 2 is 1.86 bits per heavy atom. The average Bonchev–Trinajstić information content (AvgIpc) is 3.25. The standard InChI is InChI=1S/C27H39N7O2/c1-19(18-36-3)30-27-29-16-26-24(14-25(34(26)31-27)20-5-8-23(35)9-6-20)21-4-7-22(28-15-21)17-33-12-10-32(2)11-13-33/h4,7,14-16,19-20,23,35H,5-6,8-13,17-18H2,1-3H3,(H,30,31)/t19-,20?,23?/m0/s1. The van der Waals surface area contributed by atoms with E-state index in [1.165, 1.54) is 5.69 Å². The molecule has 1 saturated heterocycles. The summed E-state index contributed by atoms with van der Waals surface area (Å²) in [6, 6.07) is 6.69. The van der Waals surface area contributed by atoms with Gasteiger partial charge in [0.2, 0.25) is 5.95 Å². The summed E-state index contributed by atoms with van der Waals surface area (Å²) in [4.78, 5) is 14.3. The normalized spacial score (nSPS) is 22.7. The molecule has 0 aromatic carbocycles. The summed E-state index contributed by atoms with van der Waals surface area (Å²) in [7, 11) is 3.87. The maximum absolute atomic E-state index is 10.1. The first kappa shape index (κ1) is 25.1. The van der Waals surface area contributed by atoms with Crippen LogP contribution in [0.15, 0.2) is 30.6 Å². The molecule has 9 heteroatoms. The molecule has 0 unspecified atom stereocenters. The SMILES string of the molecule is COC[C@H](C)Nc1ncc2c(-c3ccc(CN4CCN(C)CC4)nc3)cc(C3CCC(O)CC3)n2n1. The van der Waals surface area contributed by atoms with Gasteiger partial charge >= 0.3 is 0 Å². The first-order valence-electron chi connectivity index (χ1n) is 13.2. The van der Waals surface area contributed by atoms with E-state index in [4.69, 9.17) is 14.8 Å². The Labute approximate surface area is 213 Å². The number of aliphatic hydroxyl groups is 1. The molecule has 0 amide bonds. The molecular weight excluding hydrogens is 454 g/mol. The number of aromatic nitrogens is 4. The molecule has 0 radical (unpaired) electrons. The molecule has 2 aliphatic rings. The highest BCUT2D eigenvalue weighted by Gasteiger charge is 2.26. The largest absolute Gasteiger partial charge is 0.393 e. The van der Waals surface area contributed by atoms with E-state index in [0.29, 0.717) is 18.5 Å². The fourth-order valence-corrected chi connectivity index (χ4v) is 5.40. The lowest BCUT2D eigenvalue weighted by molar-refractivity contribution is 0.121. The van der Waals surface area contributed by atoms with Crippen LogP contribution in [0.1, 0.15) is 49.9 Å². The van der Waals surface area contributed by atoms with Crippen molar-refractivity contribution in [2.75, 3.05) is 52.3 Å². The van der Waals surface area contributed by atoms with Crippen molar-refractivity contribution < 1.29 is 9.84 Å². The Morgan fingerprint density at radius 1 is 1.08 bits per heavy atom. The summed E-state index contributed by atoms with van der Waals surface area (Å²) in [6.07, 6.45) is 7.29. The second-order valence-electron chi connectivity index (χ2n) is 10.5. The number of hydrogen-bond acceptors (Lipinski definition) is 8. The van der Waals surface area contributed by atoms with Crippen LogP contribution in [-0.2, 0) is 11.3 Å². The summed E-state index contributed by atoms with van der Waals surface area (Å²) in [6.45, 7) is 7.90. The van der Waals surface area contributed by atoms with Gasteiger partial charge in [0.05, 0.1) is 30.1 Å². The molecule has 3 aromatic heterocycles. The van der Waals surface area contributed by atoms with Crippen molar-refractivity contribution in [1.82, 2.24) is 29.4 Å². The van der Waals surface area contributed by atoms with Crippen LogP contribution in [0.4, 0.5) is 5.95 Å². The summed E-state index contributed by atoms with van der Waals surface area (Å²) in [5.74, 6) is 0.949. The molecule has 1 aliphatic heterocycles. The molecule has 1 atom stereocenters. The number of hydrogen-bond donors (Lipinski definition) is 2. The van der Waals surface area contributed by atoms with E-state index in [9.17, 15) is 5.11 Å². The van der Waals surface area contributed by atoms with Crippen molar-refractivity contribution in [3.63, 3.8) is 0 Å². The van der Waals surface area contributed by atoms with Gasteiger partial charge in [-0.2, -0.15) is 0 Å². The molecule has 1 saturated carbocycles. The fourth-order valence-electron chi connectivity index (χ4n) is 5.40. The van der Waals surface area contributed by atoms with Gasteiger partial charge in [0.1, 0.15) is 0 Å².